The summed E-state index contributed by atoms with van der Waals surface area (Å²) in [5, 5.41) is 14.8. The van der Waals surface area contributed by atoms with Gasteiger partial charge in [-0.2, -0.15) is 5.10 Å². The van der Waals surface area contributed by atoms with Crippen LogP contribution in [0.5, 0.6) is 0 Å². The Bertz CT molecular complexity index is 689. The molecule has 118 valence electrons. The van der Waals surface area contributed by atoms with Crippen LogP contribution in [0.25, 0.3) is 10.9 Å². The Morgan fingerprint density at radius 1 is 1.50 bits per heavy atom. The average molecular weight is 303 g/mol. The summed E-state index contributed by atoms with van der Waals surface area (Å²) in [6.07, 6.45) is 2.26. The lowest BCUT2D eigenvalue weighted by Crippen LogP contribution is -2.24. The fraction of sp³-hybridized carbons (Fsp3) is 0.500. The minimum Gasteiger partial charge on any atom is -0.465 e. The molecule has 1 aliphatic heterocycles. The van der Waals surface area contributed by atoms with Gasteiger partial charge in [0.1, 0.15) is 0 Å². The Balaban J connectivity index is 2.02. The normalized spacial score (nSPS) is 18.5. The third-order valence-electron chi connectivity index (χ3n) is 4.16. The average Bonchev–Trinajstić information content (AvgIpc) is 2.86. The van der Waals surface area contributed by atoms with E-state index in [9.17, 15) is 4.79 Å². The van der Waals surface area contributed by atoms with Crippen LogP contribution in [-0.2, 0) is 11.3 Å². The summed E-state index contributed by atoms with van der Waals surface area (Å²) in [6, 6.07) is 5.94. The molecule has 1 fully saturated rings. The van der Waals surface area contributed by atoms with Gasteiger partial charge < -0.3 is 14.7 Å². The lowest BCUT2D eigenvalue weighted by atomic mass is 10.1. The standard InChI is InChI=1S/C16H21N3O3/c1-11-15-12(10-18(2)16(20)21)6-5-7-13(15)19(17-11)14-8-3-4-9-22-14/h5-7,14H,3-4,8-10H2,1-2H3,(H,20,21). The van der Waals surface area contributed by atoms with Crippen molar-refractivity contribution in [2.24, 2.45) is 0 Å². The number of ether oxygens (including phenoxy) is 1. The van der Waals surface area contributed by atoms with Crippen molar-refractivity contribution in [2.45, 2.75) is 39.0 Å². The number of benzene rings is 1. The molecule has 1 unspecified atom stereocenters. The van der Waals surface area contributed by atoms with Gasteiger partial charge in [-0.25, -0.2) is 9.48 Å². The molecular formula is C16H21N3O3. The highest BCUT2D eigenvalue weighted by atomic mass is 16.5. The molecule has 1 amide bonds. The molecule has 6 nitrogen and oxygen atoms in total. The zero-order valence-electron chi connectivity index (χ0n) is 13.0. The molecule has 1 aromatic carbocycles. The zero-order valence-corrected chi connectivity index (χ0v) is 13.0. The first-order valence-corrected chi connectivity index (χ1v) is 7.60. The van der Waals surface area contributed by atoms with Crippen molar-refractivity contribution in [2.75, 3.05) is 13.7 Å². The highest BCUT2D eigenvalue weighted by molar-refractivity contribution is 5.85. The van der Waals surface area contributed by atoms with Crippen molar-refractivity contribution in [3.8, 4) is 0 Å². The van der Waals surface area contributed by atoms with Gasteiger partial charge in [0.05, 0.1) is 11.2 Å². The molecule has 1 saturated heterocycles. The lowest BCUT2D eigenvalue weighted by Gasteiger charge is -2.23. The summed E-state index contributed by atoms with van der Waals surface area (Å²) in [5.41, 5.74) is 2.90. The SMILES string of the molecule is Cc1nn(C2CCCCO2)c2cccc(CN(C)C(=O)O)c12. The van der Waals surface area contributed by atoms with Gasteiger partial charge in [-0.05, 0) is 37.8 Å². The third-order valence-corrected chi connectivity index (χ3v) is 4.16. The predicted molar refractivity (Wildman–Crippen MR) is 82.8 cm³/mol. The molecule has 2 aromatic rings. The first kappa shape index (κ1) is 14.8. The van der Waals surface area contributed by atoms with Crippen LogP contribution < -0.4 is 0 Å². The van der Waals surface area contributed by atoms with Crippen molar-refractivity contribution >= 4 is 17.0 Å². The Morgan fingerprint density at radius 2 is 2.32 bits per heavy atom. The minimum atomic E-state index is -0.933. The van der Waals surface area contributed by atoms with Gasteiger partial charge in [0.2, 0.25) is 0 Å². The number of hydrogen-bond donors (Lipinski definition) is 1. The van der Waals surface area contributed by atoms with Gasteiger partial charge in [0, 0.05) is 25.6 Å². The van der Waals surface area contributed by atoms with E-state index in [2.05, 4.69) is 5.10 Å². The molecule has 0 saturated carbocycles. The van der Waals surface area contributed by atoms with Crippen molar-refractivity contribution < 1.29 is 14.6 Å². The smallest absolute Gasteiger partial charge is 0.407 e. The Labute approximate surface area is 129 Å². The predicted octanol–water partition coefficient (Wildman–Crippen LogP) is 3.15. The van der Waals surface area contributed by atoms with E-state index < -0.39 is 6.09 Å². The van der Waals surface area contributed by atoms with Crippen LogP contribution in [0.4, 0.5) is 4.79 Å². The number of aromatic nitrogens is 2. The molecule has 1 N–H and O–H groups in total. The largest absolute Gasteiger partial charge is 0.465 e. The molecule has 0 aliphatic carbocycles. The molecular weight excluding hydrogens is 282 g/mol. The topological polar surface area (TPSA) is 67.6 Å². The van der Waals surface area contributed by atoms with E-state index in [4.69, 9.17) is 9.84 Å². The van der Waals surface area contributed by atoms with E-state index in [1.54, 1.807) is 7.05 Å². The Hall–Kier alpha value is -2.08. The summed E-state index contributed by atoms with van der Waals surface area (Å²) in [5.74, 6) is 0. The summed E-state index contributed by atoms with van der Waals surface area (Å²) < 4.78 is 7.79. The number of fused-ring (bicyclic) bond motifs is 1. The number of hydrogen-bond acceptors (Lipinski definition) is 3. The monoisotopic (exact) mass is 303 g/mol. The van der Waals surface area contributed by atoms with Crippen LogP contribution >= 0.6 is 0 Å². The fourth-order valence-corrected chi connectivity index (χ4v) is 3.05. The van der Waals surface area contributed by atoms with Gasteiger partial charge in [0.25, 0.3) is 0 Å². The number of aryl methyl sites for hydroxylation is 1. The third kappa shape index (κ3) is 2.66. The maximum Gasteiger partial charge on any atom is 0.407 e. The molecule has 1 aromatic heterocycles. The number of carboxylic acid groups (broad SMARTS) is 1. The van der Waals surface area contributed by atoms with E-state index in [0.29, 0.717) is 6.54 Å². The first-order chi connectivity index (χ1) is 10.6. The van der Waals surface area contributed by atoms with E-state index in [0.717, 1.165) is 48.0 Å². The van der Waals surface area contributed by atoms with Crippen molar-refractivity contribution in [3.63, 3.8) is 0 Å². The van der Waals surface area contributed by atoms with Crippen molar-refractivity contribution in [1.29, 1.82) is 0 Å². The second kappa shape index (κ2) is 5.96. The van der Waals surface area contributed by atoms with Crippen LogP contribution in [0.3, 0.4) is 0 Å². The van der Waals surface area contributed by atoms with Gasteiger partial charge in [-0.3, -0.25) is 0 Å². The summed E-state index contributed by atoms with van der Waals surface area (Å²) in [6.45, 7) is 3.09. The van der Waals surface area contributed by atoms with Gasteiger partial charge in [0.15, 0.2) is 6.23 Å². The molecule has 3 rings (SSSR count). The molecule has 22 heavy (non-hydrogen) atoms. The molecule has 1 atom stereocenters. The van der Waals surface area contributed by atoms with Gasteiger partial charge >= 0.3 is 6.09 Å². The van der Waals surface area contributed by atoms with Crippen molar-refractivity contribution in [3.05, 3.63) is 29.5 Å². The highest BCUT2D eigenvalue weighted by Gasteiger charge is 2.21. The molecule has 0 bridgehead atoms. The van der Waals surface area contributed by atoms with Crippen LogP contribution in [0, 0.1) is 6.92 Å². The molecule has 0 radical (unpaired) electrons. The van der Waals surface area contributed by atoms with E-state index >= 15 is 0 Å². The maximum atomic E-state index is 11.1. The molecule has 0 spiro atoms. The first-order valence-electron chi connectivity index (χ1n) is 7.60. The van der Waals surface area contributed by atoms with E-state index in [1.165, 1.54) is 4.90 Å². The zero-order chi connectivity index (χ0) is 15.7. The van der Waals surface area contributed by atoms with Crippen molar-refractivity contribution in [1.82, 2.24) is 14.7 Å². The van der Waals surface area contributed by atoms with Gasteiger partial charge in [-0.1, -0.05) is 12.1 Å². The quantitative estimate of drug-likeness (QED) is 0.945. The molecule has 1 aliphatic rings. The highest BCUT2D eigenvalue weighted by Crippen LogP contribution is 2.30. The van der Waals surface area contributed by atoms with Crippen LogP contribution in [-0.4, -0.2) is 39.5 Å². The molecule has 2 heterocycles. The second-order valence-electron chi connectivity index (χ2n) is 5.80. The number of carbonyl (C=O) groups is 1. The van der Waals surface area contributed by atoms with Crippen LogP contribution in [0.1, 0.15) is 36.7 Å². The Morgan fingerprint density at radius 3 is 3.00 bits per heavy atom. The Kier molecular flexibility index (Phi) is 4.02. The number of amides is 1. The summed E-state index contributed by atoms with van der Waals surface area (Å²) >= 11 is 0. The number of nitrogens with zero attached hydrogens (tertiary/aromatic N) is 3. The van der Waals surface area contributed by atoms with Crippen LogP contribution in [0.2, 0.25) is 0 Å². The van der Waals surface area contributed by atoms with Gasteiger partial charge in [-0.15, -0.1) is 0 Å². The van der Waals surface area contributed by atoms with E-state index in [-0.39, 0.29) is 6.23 Å². The fourth-order valence-electron chi connectivity index (χ4n) is 3.05. The summed E-state index contributed by atoms with van der Waals surface area (Å²) in [7, 11) is 1.57. The summed E-state index contributed by atoms with van der Waals surface area (Å²) in [4.78, 5) is 12.3. The molecule has 6 heteroatoms. The minimum absolute atomic E-state index is 0.0163. The number of rotatable bonds is 3. The maximum absolute atomic E-state index is 11.1. The van der Waals surface area contributed by atoms with E-state index in [1.807, 2.05) is 29.8 Å². The lowest BCUT2D eigenvalue weighted by molar-refractivity contribution is -0.0368. The second-order valence-corrected chi connectivity index (χ2v) is 5.80. The van der Waals surface area contributed by atoms with Crippen LogP contribution in [0.15, 0.2) is 18.2 Å².